The number of fused-ring (bicyclic) bond motifs is 1. The Morgan fingerprint density at radius 3 is 2.55 bits per heavy atom. The lowest BCUT2D eigenvalue weighted by molar-refractivity contribution is 0.0732. The van der Waals surface area contributed by atoms with Crippen molar-refractivity contribution in [3.8, 4) is 22.6 Å². The van der Waals surface area contributed by atoms with E-state index in [2.05, 4.69) is 53.4 Å². The number of halogens is 3. The van der Waals surface area contributed by atoms with Crippen molar-refractivity contribution in [1.29, 1.82) is 0 Å². The molecule has 2 N–H and O–H groups in total. The third-order valence-electron chi connectivity index (χ3n) is 6.53. The number of H-pyrrole nitrogens is 1. The number of amides is 1. The van der Waals surface area contributed by atoms with Crippen LogP contribution >= 0.6 is 43.5 Å². The van der Waals surface area contributed by atoms with Crippen molar-refractivity contribution in [3.63, 3.8) is 0 Å². The first-order valence-electron chi connectivity index (χ1n) is 12.7. The van der Waals surface area contributed by atoms with Crippen LogP contribution in [0.1, 0.15) is 37.5 Å². The Morgan fingerprint density at radius 1 is 1.00 bits per heavy atom. The Labute approximate surface area is 264 Å². The van der Waals surface area contributed by atoms with Crippen LogP contribution in [0.3, 0.4) is 0 Å². The minimum absolute atomic E-state index is 0.234. The summed E-state index contributed by atoms with van der Waals surface area (Å²) in [5.41, 5.74) is 8.02. The number of carbonyl (C=O) groups excluding carboxylic acids is 2. The first-order chi connectivity index (χ1) is 20.2. The predicted molar refractivity (Wildman–Crippen MR) is 173 cm³/mol. The second-order valence-corrected chi connectivity index (χ2v) is 11.7. The molecule has 0 saturated carbocycles. The van der Waals surface area contributed by atoms with Gasteiger partial charge >= 0.3 is 5.97 Å². The molecule has 1 aromatic heterocycles. The van der Waals surface area contributed by atoms with Crippen molar-refractivity contribution in [2.45, 2.75) is 13.8 Å². The number of benzene rings is 4. The Balaban J connectivity index is 1.47. The number of nitrogens with zero attached hydrogens (tertiary/aromatic N) is 1. The molecular formula is C32H24Br2ClN3O4. The fraction of sp³-hybridized carbons (Fsp3) is 0.0938. The number of hydrazone groups is 1. The molecular weight excluding hydrogens is 686 g/mol. The van der Waals surface area contributed by atoms with Crippen molar-refractivity contribution in [2.24, 2.45) is 5.10 Å². The molecule has 10 heteroatoms. The Bertz CT molecular complexity index is 1880. The van der Waals surface area contributed by atoms with Gasteiger partial charge in [-0.05, 0) is 77.8 Å². The van der Waals surface area contributed by atoms with Gasteiger partial charge in [-0.2, -0.15) is 5.10 Å². The van der Waals surface area contributed by atoms with Gasteiger partial charge in [-0.1, -0.05) is 63.4 Å². The van der Waals surface area contributed by atoms with Gasteiger partial charge < -0.3 is 14.5 Å². The van der Waals surface area contributed by atoms with E-state index in [1.165, 1.54) is 13.3 Å². The second-order valence-electron chi connectivity index (χ2n) is 9.49. The van der Waals surface area contributed by atoms with Crippen LogP contribution in [-0.4, -0.2) is 30.2 Å². The lowest BCUT2D eigenvalue weighted by Gasteiger charge is -2.11. The number of ether oxygens (including phenoxy) is 2. The van der Waals surface area contributed by atoms with Crippen molar-refractivity contribution in [1.82, 2.24) is 10.4 Å². The number of aryl methyl sites for hydroxylation is 2. The van der Waals surface area contributed by atoms with Gasteiger partial charge in [-0.3, -0.25) is 4.79 Å². The number of nitrogens with one attached hydrogen (secondary N) is 2. The number of methoxy groups -OCH3 is 1. The number of hydrogen-bond donors (Lipinski definition) is 2. The Morgan fingerprint density at radius 2 is 1.79 bits per heavy atom. The molecule has 0 aliphatic rings. The first-order valence-corrected chi connectivity index (χ1v) is 14.7. The molecule has 4 aromatic carbocycles. The van der Waals surface area contributed by atoms with Crippen LogP contribution in [0.25, 0.3) is 22.0 Å². The number of aromatic amines is 1. The summed E-state index contributed by atoms with van der Waals surface area (Å²) in [7, 11) is 1.52. The van der Waals surface area contributed by atoms with Gasteiger partial charge in [0.05, 0.1) is 23.4 Å². The molecule has 0 radical (unpaired) electrons. The van der Waals surface area contributed by atoms with E-state index < -0.39 is 11.9 Å². The Hall–Kier alpha value is -3.92. The number of aromatic nitrogens is 1. The molecule has 0 aliphatic carbocycles. The SMILES string of the molecule is COc1cccc(C(=O)Oc2c(Br)cc(Br)cc2C=NNC(=O)c2[nH]c3c(C)cc(C)cc3c2-c2ccccc2Cl)c1. The molecule has 0 aliphatic heterocycles. The zero-order chi connectivity index (χ0) is 30.0. The maximum atomic E-state index is 13.5. The van der Waals surface area contributed by atoms with E-state index in [0.717, 1.165) is 27.6 Å². The highest BCUT2D eigenvalue weighted by atomic mass is 79.9. The molecule has 212 valence electrons. The predicted octanol–water partition coefficient (Wildman–Crippen LogP) is 8.62. The van der Waals surface area contributed by atoms with E-state index in [1.54, 1.807) is 42.5 Å². The van der Waals surface area contributed by atoms with E-state index in [-0.39, 0.29) is 5.75 Å². The average molecular weight is 710 g/mol. The highest BCUT2D eigenvalue weighted by molar-refractivity contribution is 9.11. The molecule has 0 atom stereocenters. The molecule has 7 nitrogen and oxygen atoms in total. The summed E-state index contributed by atoms with van der Waals surface area (Å²) in [5.74, 6) is -0.276. The van der Waals surface area contributed by atoms with Gasteiger partial charge in [0.15, 0.2) is 5.75 Å². The number of hydrogen-bond acceptors (Lipinski definition) is 5. The van der Waals surface area contributed by atoms with Gasteiger partial charge in [0, 0.05) is 37.1 Å². The third-order valence-corrected chi connectivity index (χ3v) is 7.90. The highest BCUT2D eigenvalue weighted by Crippen LogP contribution is 2.38. The standard InChI is InChI=1S/C32H24Br2ClN3O4/c1-17-11-18(2)28-24(12-17)27(23-9-4-5-10-26(23)35)29(37-28)31(39)38-36-16-20-13-21(33)15-25(34)30(20)42-32(40)19-7-6-8-22(14-19)41-3/h4-16,37H,1-3H3,(H,38,39). The largest absolute Gasteiger partial charge is 0.497 e. The highest BCUT2D eigenvalue weighted by Gasteiger charge is 2.22. The monoisotopic (exact) mass is 707 g/mol. The fourth-order valence-corrected chi connectivity index (χ4v) is 6.24. The summed E-state index contributed by atoms with van der Waals surface area (Å²) >= 11 is 13.5. The smallest absolute Gasteiger partial charge is 0.343 e. The molecule has 1 heterocycles. The third kappa shape index (κ3) is 6.13. The van der Waals surface area contributed by atoms with Crippen LogP contribution in [0, 0.1) is 13.8 Å². The topological polar surface area (TPSA) is 92.8 Å². The minimum atomic E-state index is -0.580. The summed E-state index contributed by atoms with van der Waals surface area (Å²) in [4.78, 5) is 29.7. The molecule has 5 aromatic rings. The normalized spacial score (nSPS) is 11.2. The van der Waals surface area contributed by atoms with E-state index in [4.69, 9.17) is 21.1 Å². The van der Waals surface area contributed by atoms with Crippen LogP contribution in [-0.2, 0) is 0 Å². The zero-order valence-corrected chi connectivity index (χ0v) is 26.6. The van der Waals surface area contributed by atoms with Crippen LogP contribution in [0.15, 0.2) is 86.8 Å². The van der Waals surface area contributed by atoms with Crippen molar-refractivity contribution < 1.29 is 19.1 Å². The number of rotatable bonds is 7. The quantitative estimate of drug-likeness (QED) is 0.0766. The van der Waals surface area contributed by atoms with Gasteiger partial charge in [0.25, 0.3) is 5.91 Å². The molecule has 1 amide bonds. The number of carbonyl (C=O) groups is 2. The summed E-state index contributed by atoms with van der Waals surface area (Å²) in [5, 5.41) is 5.62. The lowest BCUT2D eigenvalue weighted by atomic mass is 9.99. The Kier molecular flexibility index (Phi) is 8.82. The first kappa shape index (κ1) is 29.6. The molecule has 0 spiro atoms. The van der Waals surface area contributed by atoms with Crippen LogP contribution in [0.5, 0.6) is 11.5 Å². The summed E-state index contributed by atoms with van der Waals surface area (Å²) in [6.45, 7) is 4.00. The van der Waals surface area contributed by atoms with Gasteiger partial charge in [-0.25, -0.2) is 10.2 Å². The molecule has 0 bridgehead atoms. The molecule has 0 fully saturated rings. The maximum absolute atomic E-state index is 13.5. The van der Waals surface area contributed by atoms with Gasteiger partial charge in [0.1, 0.15) is 11.4 Å². The van der Waals surface area contributed by atoms with Crippen molar-refractivity contribution >= 4 is 72.5 Å². The number of esters is 1. The van der Waals surface area contributed by atoms with Gasteiger partial charge in [-0.15, -0.1) is 0 Å². The van der Waals surface area contributed by atoms with E-state index >= 15 is 0 Å². The molecule has 0 saturated heterocycles. The van der Waals surface area contributed by atoms with E-state index in [0.29, 0.717) is 42.1 Å². The van der Waals surface area contributed by atoms with Crippen LogP contribution < -0.4 is 14.9 Å². The van der Waals surface area contributed by atoms with Crippen molar-refractivity contribution in [2.75, 3.05) is 7.11 Å². The fourth-order valence-electron chi connectivity index (χ4n) is 4.67. The maximum Gasteiger partial charge on any atom is 0.343 e. The van der Waals surface area contributed by atoms with Crippen LogP contribution in [0.4, 0.5) is 0 Å². The molecule has 0 unspecified atom stereocenters. The minimum Gasteiger partial charge on any atom is -0.497 e. The summed E-state index contributed by atoms with van der Waals surface area (Å²) in [6.07, 6.45) is 1.41. The lowest BCUT2D eigenvalue weighted by Crippen LogP contribution is -2.19. The summed E-state index contributed by atoms with van der Waals surface area (Å²) in [6, 6.07) is 21.6. The van der Waals surface area contributed by atoms with E-state index in [1.807, 2.05) is 38.1 Å². The van der Waals surface area contributed by atoms with E-state index in [9.17, 15) is 9.59 Å². The average Bonchev–Trinajstić information content (AvgIpc) is 3.34. The van der Waals surface area contributed by atoms with Crippen molar-refractivity contribution in [3.05, 3.63) is 115 Å². The molecule has 42 heavy (non-hydrogen) atoms. The van der Waals surface area contributed by atoms with Crippen LogP contribution in [0.2, 0.25) is 5.02 Å². The van der Waals surface area contributed by atoms with Gasteiger partial charge in [0.2, 0.25) is 0 Å². The second kappa shape index (κ2) is 12.5. The molecule has 5 rings (SSSR count). The summed E-state index contributed by atoms with van der Waals surface area (Å²) < 4.78 is 12.2. The zero-order valence-electron chi connectivity index (χ0n) is 22.7.